The van der Waals surface area contributed by atoms with Crippen LogP contribution in [0.3, 0.4) is 0 Å². The molecule has 1 rings (SSSR count). The van der Waals surface area contributed by atoms with Crippen molar-refractivity contribution in [3.05, 3.63) is 0 Å². The van der Waals surface area contributed by atoms with Crippen LogP contribution in [0.25, 0.3) is 0 Å². The SMILES string of the molecule is Cl.Cl.Cl.NCCC(N)CCCN1CCCCC1. The molecule has 0 bridgehead atoms. The predicted molar refractivity (Wildman–Crippen MR) is 82.9 cm³/mol. The van der Waals surface area contributed by atoms with E-state index in [0.717, 1.165) is 19.4 Å². The van der Waals surface area contributed by atoms with Crippen LogP contribution in [-0.2, 0) is 0 Å². The Hall–Kier alpha value is 0.750. The molecule has 17 heavy (non-hydrogen) atoms. The minimum absolute atomic E-state index is 0. The highest BCUT2D eigenvalue weighted by molar-refractivity contribution is 5.86. The van der Waals surface area contributed by atoms with Crippen molar-refractivity contribution in [2.24, 2.45) is 11.5 Å². The van der Waals surface area contributed by atoms with Gasteiger partial charge in [-0.2, -0.15) is 0 Å². The minimum Gasteiger partial charge on any atom is -0.330 e. The van der Waals surface area contributed by atoms with Gasteiger partial charge in [-0.05, 0) is 58.3 Å². The van der Waals surface area contributed by atoms with Crippen molar-refractivity contribution in [1.82, 2.24) is 4.90 Å². The second-order valence-corrected chi connectivity index (χ2v) is 4.38. The molecule has 0 aromatic heterocycles. The van der Waals surface area contributed by atoms with Gasteiger partial charge in [-0.3, -0.25) is 0 Å². The number of piperidine rings is 1. The molecule has 6 heteroatoms. The first kappa shape index (κ1) is 22.9. The van der Waals surface area contributed by atoms with E-state index in [2.05, 4.69) is 4.90 Å². The number of hydrogen-bond donors (Lipinski definition) is 2. The number of rotatable bonds is 6. The largest absolute Gasteiger partial charge is 0.330 e. The maximum atomic E-state index is 5.90. The van der Waals surface area contributed by atoms with Gasteiger partial charge in [0.2, 0.25) is 0 Å². The Kier molecular flexibility index (Phi) is 19.9. The summed E-state index contributed by atoms with van der Waals surface area (Å²) in [5, 5.41) is 0. The normalized spacial score (nSPS) is 17.3. The first-order chi connectivity index (χ1) is 6.83. The summed E-state index contributed by atoms with van der Waals surface area (Å²) < 4.78 is 0. The quantitative estimate of drug-likeness (QED) is 0.791. The summed E-state index contributed by atoms with van der Waals surface area (Å²) in [5.74, 6) is 0. The summed E-state index contributed by atoms with van der Waals surface area (Å²) in [5.41, 5.74) is 11.4. The zero-order chi connectivity index (χ0) is 10.2. The zero-order valence-corrected chi connectivity index (χ0v) is 12.9. The fraction of sp³-hybridized carbons (Fsp3) is 1.00. The molecule has 1 aliphatic rings. The van der Waals surface area contributed by atoms with Crippen LogP contribution < -0.4 is 11.5 Å². The summed E-state index contributed by atoms with van der Waals surface area (Å²) in [4.78, 5) is 2.57. The van der Waals surface area contributed by atoms with Crippen molar-refractivity contribution in [2.75, 3.05) is 26.2 Å². The van der Waals surface area contributed by atoms with Crippen molar-refractivity contribution >= 4 is 37.2 Å². The van der Waals surface area contributed by atoms with E-state index in [-0.39, 0.29) is 37.2 Å². The molecule has 0 radical (unpaired) electrons. The number of nitrogens with two attached hydrogens (primary N) is 2. The molecule has 0 saturated carbocycles. The summed E-state index contributed by atoms with van der Waals surface area (Å²) in [7, 11) is 0. The fourth-order valence-corrected chi connectivity index (χ4v) is 2.12. The van der Waals surface area contributed by atoms with E-state index in [9.17, 15) is 0 Å². The van der Waals surface area contributed by atoms with Gasteiger partial charge >= 0.3 is 0 Å². The van der Waals surface area contributed by atoms with Gasteiger partial charge in [0.1, 0.15) is 0 Å². The van der Waals surface area contributed by atoms with Gasteiger partial charge in [0.15, 0.2) is 0 Å². The van der Waals surface area contributed by atoms with Crippen LogP contribution in [0.4, 0.5) is 0 Å². The van der Waals surface area contributed by atoms with Crippen LogP contribution in [0, 0.1) is 0 Å². The van der Waals surface area contributed by atoms with Gasteiger partial charge in [0.25, 0.3) is 0 Å². The smallest absolute Gasteiger partial charge is 0.00513 e. The molecular formula is C11H28Cl3N3. The van der Waals surface area contributed by atoms with E-state index in [1.54, 1.807) is 0 Å². The molecule has 1 unspecified atom stereocenters. The third-order valence-corrected chi connectivity index (χ3v) is 3.04. The monoisotopic (exact) mass is 307 g/mol. The summed E-state index contributed by atoms with van der Waals surface area (Å²) in [6.45, 7) is 4.56. The van der Waals surface area contributed by atoms with Crippen LogP contribution in [0.1, 0.15) is 38.5 Å². The Morgan fingerprint density at radius 1 is 0.941 bits per heavy atom. The van der Waals surface area contributed by atoms with Crippen LogP contribution >= 0.6 is 37.2 Å². The van der Waals surface area contributed by atoms with Crippen LogP contribution in [0.15, 0.2) is 0 Å². The topological polar surface area (TPSA) is 55.3 Å². The number of likely N-dealkylation sites (tertiary alicyclic amines) is 1. The molecular weight excluding hydrogens is 281 g/mol. The zero-order valence-electron chi connectivity index (χ0n) is 10.5. The third kappa shape index (κ3) is 11.6. The Morgan fingerprint density at radius 3 is 2.06 bits per heavy atom. The first-order valence-corrected chi connectivity index (χ1v) is 6.01. The molecule has 1 fully saturated rings. The van der Waals surface area contributed by atoms with E-state index < -0.39 is 0 Å². The molecule has 108 valence electrons. The Labute approximate surface area is 124 Å². The number of nitrogens with zero attached hydrogens (tertiary/aromatic N) is 1. The maximum Gasteiger partial charge on any atom is 0.00513 e. The van der Waals surface area contributed by atoms with Crippen molar-refractivity contribution in [2.45, 2.75) is 44.6 Å². The van der Waals surface area contributed by atoms with Crippen molar-refractivity contribution in [3.8, 4) is 0 Å². The van der Waals surface area contributed by atoms with E-state index in [4.69, 9.17) is 11.5 Å². The number of halogens is 3. The summed E-state index contributed by atoms with van der Waals surface area (Å²) in [6, 6.07) is 0.324. The highest BCUT2D eigenvalue weighted by Gasteiger charge is 2.09. The van der Waals surface area contributed by atoms with Crippen LogP contribution in [-0.4, -0.2) is 37.1 Å². The van der Waals surface area contributed by atoms with Gasteiger partial charge in [-0.15, -0.1) is 37.2 Å². The molecule has 3 nitrogen and oxygen atoms in total. The van der Waals surface area contributed by atoms with Crippen LogP contribution in [0.2, 0.25) is 0 Å². The molecule has 0 spiro atoms. The summed E-state index contributed by atoms with van der Waals surface area (Å²) in [6.07, 6.45) is 7.53. The highest BCUT2D eigenvalue weighted by Crippen LogP contribution is 2.10. The molecule has 0 aliphatic carbocycles. The molecule has 0 aromatic carbocycles. The van der Waals surface area contributed by atoms with Gasteiger partial charge in [-0.25, -0.2) is 0 Å². The Balaban J connectivity index is -0.000000653. The minimum atomic E-state index is 0. The van der Waals surface area contributed by atoms with Gasteiger partial charge < -0.3 is 16.4 Å². The second kappa shape index (κ2) is 14.8. The fourth-order valence-electron chi connectivity index (χ4n) is 2.12. The molecule has 1 atom stereocenters. The van der Waals surface area contributed by atoms with E-state index in [1.807, 2.05) is 0 Å². The predicted octanol–water partition coefficient (Wildman–Crippen LogP) is 2.19. The lowest BCUT2D eigenvalue weighted by molar-refractivity contribution is 0.222. The van der Waals surface area contributed by atoms with E-state index in [1.165, 1.54) is 45.3 Å². The maximum absolute atomic E-state index is 5.90. The lowest BCUT2D eigenvalue weighted by atomic mass is 10.1. The van der Waals surface area contributed by atoms with Gasteiger partial charge in [-0.1, -0.05) is 6.42 Å². The van der Waals surface area contributed by atoms with Crippen molar-refractivity contribution in [3.63, 3.8) is 0 Å². The Bertz CT molecular complexity index is 144. The van der Waals surface area contributed by atoms with Crippen molar-refractivity contribution in [1.29, 1.82) is 0 Å². The number of hydrogen-bond acceptors (Lipinski definition) is 3. The lowest BCUT2D eigenvalue weighted by Crippen LogP contribution is -2.32. The molecule has 4 N–H and O–H groups in total. The highest BCUT2D eigenvalue weighted by atomic mass is 35.5. The average Bonchev–Trinajstić information content (AvgIpc) is 2.20. The molecule has 0 aromatic rings. The molecule has 1 saturated heterocycles. The second-order valence-electron chi connectivity index (χ2n) is 4.38. The molecule has 1 aliphatic heterocycles. The van der Waals surface area contributed by atoms with Gasteiger partial charge in [0.05, 0.1) is 0 Å². The standard InChI is InChI=1S/C11H25N3.3ClH/c12-7-6-11(13)5-4-10-14-8-2-1-3-9-14;;;/h11H,1-10,12-13H2;3*1H. The Morgan fingerprint density at radius 2 is 1.53 bits per heavy atom. The van der Waals surface area contributed by atoms with Crippen LogP contribution in [0.5, 0.6) is 0 Å². The molecule has 1 heterocycles. The average molecular weight is 309 g/mol. The molecule has 0 amide bonds. The van der Waals surface area contributed by atoms with E-state index >= 15 is 0 Å². The van der Waals surface area contributed by atoms with E-state index in [0.29, 0.717) is 6.04 Å². The third-order valence-electron chi connectivity index (χ3n) is 3.04. The van der Waals surface area contributed by atoms with Crippen molar-refractivity contribution < 1.29 is 0 Å². The first-order valence-electron chi connectivity index (χ1n) is 6.01. The lowest BCUT2D eigenvalue weighted by Gasteiger charge is -2.26. The summed E-state index contributed by atoms with van der Waals surface area (Å²) >= 11 is 0. The van der Waals surface area contributed by atoms with Gasteiger partial charge in [0, 0.05) is 6.04 Å².